The number of imide groups is 1. The van der Waals surface area contributed by atoms with Gasteiger partial charge < -0.3 is 9.30 Å². The quantitative estimate of drug-likeness (QED) is 0.358. The van der Waals surface area contributed by atoms with Gasteiger partial charge in [0.25, 0.3) is 17.4 Å². The van der Waals surface area contributed by atoms with Crippen molar-refractivity contribution in [2.24, 2.45) is 0 Å². The van der Waals surface area contributed by atoms with Crippen LogP contribution in [-0.2, 0) is 24.4 Å². The zero-order valence-corrected chi connectivity index (χ0v) is 19.1. The summed E-state index contributed by atoms with van der Waals surface area (Å²) in [6, 6.07) is 15.9. The van der Waals surface area contributed by atoms with Gasteiger partial charge in [0.2, 0.25) is 0 Å². The molecule has 0 bridgehead atoms. The minimum atomic E-state index is -0.556. The second-order valence-electron chi connectivity index (χ2n) is 8.22. The van der Waals surface area contributed by atoms with Crippen LogP contribution in [0, 0.1) is 0 Å². The molecule has 0 saturated carbocycles. The second-order valence-corrected chi connectivity index (χ2v) is 8.22. The average molecular weight is 473 g/mol. The molecule has 0 radical (unpaired) electrons. The molecule has 0 N–H and O–H groups in total. The number of hydrogen-bond donors (Lipinski definition) is 0. The Morgan fingerprint density at radius 1 is 0.800 bits per heavy atom. The highest BCUT2D eigenvalue weighted by molar-refractivity contribution is 6.21. The molecule has 1 aliphatic rings. The normalized spacial score (nSPS) is 13.1. The largest absolute Gasteiger partial charge is 0.383 e. The second kappa shape index (κ2) is 9.15. The lowest BCUT2D eigenvalue weighted by molar-refractivity contribution is 0.0648. The summed E-state index contributed by atoms with van der Waals surface area (Å²) >= 11 is 0. The van der Waals surface area contributed by atoms with Gasteiger partial charge in [0.15, 0.2) is 11.2 Å². The Kier molecular flexibility index (Phi) is 5.87. The molecule has 10 heteroatoms. The van der Waals surface area contributed by atoms with E-state index in [1.165, 1.54) is 10.9 Å². The predicted molar refractivity (Wildman–Crippen MR) is 127 cm³/mol. The highest BCUT2D eigenvalue weighted by atomic mass is 16.5. The first-order valence-electron chi connectivity index (χ1n) is 11.2. The molecule has 178 valence electrons. The summed E-state index contributed by atoms with van der Waals surface area (Å²) in [5.41, 5.74) is 0.961. The number of carbonyl (C=O) groups is 2. The topological polar surface area (TPSA) is 108 Å². The van der Waals surface area contributed by atoms with Gasteiger partial charge in [-0.3, -0.25) is 28.4 Å². The zero-order chi connectivity index (χ0) is 24.5. The molecule has 0 spiro atoms. The van der Waals surface area contributed by atoms with Crippen molar-refractivity contribution in [2.45, 2.75) is 19.6 Å². The minimum Gasteiger partial charge on any atom is -0.383 e. The van der Waals surface area contributed by atoms with E-state index in [2.05, 4.69) is 4.98 Å². The van der Waals surface area contributed by atoms with Gasteiger partial charge in [0.05, 0.1) is 30.6 Å². The molecule has 35 heavy (non-hydrogen) atoms. The average Bonchev–Trinajstić information content (AvgIpc) is 3.41. The molecule has 1 aliphatic heterocycles. The third-order valence-electron chi connectivity index (χ3n) is 6.13. The lowest BCUT2D eigenvalue weighted by Crippen LogP contribution is -2.44. The molecule has 3 heterocycles. The summed E-state index contributed by atoms with van der Waals surface area (Å²) in [4.78, 5) is 57.9. The monoisotopic (exact) mass is 473 g/mol. The summed E-state index contributed by atoms with van der Waals surface area (Å²) in [7, 11) is 1.56. The maximum absolute atomic E-state index is 13.5. The zero-order valence-electron chi connectivity index (χ0n) is 19.1. The highest BCUT2D eigenvalue weighted by Gasteiger charge is 2.35. The predicted octanol–water partition coefficient (Wildman–Crippen LogP) is 1.35. The van der Waals surface area contributed by atoms with E-state index in [-0.39, 0.29) is 30.8 Å². The number of aromatic nitrogens is 4. The number of rotatable bonds is 8. The summed E-state index contributed by atoms with van der Waals surface area (Å²) < 4.78 is 9.31. The van der Waals surface area contributed by atoms with Gasteiger partial charge in [-0.15, -0.1) is 0 Å². The van der Waals surface area contributed by atoms with E-state index in [0.29, 0.717) is 24.3 Å². The standard InChI is InChI=1S/C25H23N5O5/c1-35-14-13-27-16-26-21-20(27)24(33)29(25(34)30(21)15-17-7-3-2-4-8-17)12-11-28-22(31)18-9-5-6-10-19(18)23(28)32/h2-10,16H,11-15H2,1H3. The first-order valence-corrected chi connectivity index (χ1v) is 11.2. The number of carbonyl (C=O) groups excluding carboxylic acids is 2. The minimum absolute atomic E-state index is 0.107. The lowest BCUT2D eigenvalue weighted by atomic mass is 10.1. The fourth-order valence-corrected chi connectivity index (χ4v) is 4.35. The van der Waals surface area contributed by atoms with Crippen LogP contribution < -0.4 is 11.2 Å². The van der Waals surface area contributed by atoms with Crippen molar-refractivity contribution >= 4 is 23.0 Å². The number of imidazole rings is 1. The van der Waals surface area contributed by atoms with Crippen LogP contribution in [0.5, 0.6) is 0 Å². The van der Waals surface area contributed by atoms with Gasteiger partial charge in [-0.25, -0.2) is 9.78 Å². The maximum Gasteiger partial charge on any atom is 0.333 e. The molecule has 0 unspecified atom stereocenters. The summed E-state index contributed by atoms with van der Waals surface area (Å²) in [5, 5.41) is 0. The van der Waals surface area contributed by atoms with Crippen LogP contribution in [0.15, 0.2) is 70.5 Å². The number of methoxy groups -OCH3 is 1. The third-order valence-corrected chi connectivity index (χ3v) is 6.13. The number of hydrogen-bond acceptors (Lipinski definition) is 6. The van der Waals surface area contributed by atoms with E-state index < -0.39 is 23.1 Å². The summed E-state index contributed by atoms with van der Waals surface area (Å²) in [6.07, 6.45) is 1.51. The Hall–Kier alpha value is -4.31. The van der Waals surface area contributed by atoms with Crippen LogP contribution in [0.1, 0.15) is 26.3 Å². The Bertz CT molecular complexity index is 1520. The van der Waals surface area contributed by atoms with Crippen molar-refractivity contribution in [3.63, 3.8) is 0 Å². The van der Waals surface area contributed by atoms with E-state index in [4.69, 9.17) is 4.74 Å². The fraction of sp³-hybridized carbons (Fsp3) is 0.240. The molecule has 0 fully saturated rings. The Morgan fingerprint density at radius 2 is 1.46 bits per heavy atom. The van der Waals surface area contributed by atoms with E-state index in [1.807, 2.05) is 30.3 Å². The molecule has 2 amide bonds. The van der Waals surface area contributed by atoms with Gasteiger partial charge in [-0.1, -0.05) is 42.5 Å². The van der Waals surface area contributed by atoms with Crippen molar-refractivity contribution in [2.75, 3.05) is 20.3 Å². The molecule has 0 saturated heterocycles. The number of fused-ring (bicyclic) bond motifs is 2. The Morgan fingerprint density at radius 3 is 2.11 bits per heavy atom. The van der Waals surface area contributed by atoms with E-state index in [0.717, 1.165) is 15.0 Å². The smallest absolute Gasteiger partial charge is 0.333 e. The Balaban J connectivity index is 1.56. The first kappa shape index (κ1) is 22.5. The van der Waals surface area contributed by atoms with Crippen molar-refractivity contribution in [1.29, 1.82) is 0 Å². The molecular weight excluding hydrogens is 450 g/mol. The van der Waals surface area contributed by atoms with Crippen LogP contribution in [0.4, 0.5) is 0 Å². The van der Waals surface area contributed by atoms with Crippen LogP contribution in [-0.4, -0.2) is 55.7 Å². The molecule has 4 aromatic rings. The van der Waals surface area contributed by atoms with Crippen molar-refractivity contribution in [3.8, 4) is 0 Å². The van der Waals surface area contributed by atoms with Crippen molar-refractivity contribution < 1.29 is 14.3 Å². The van der Waals surface area contributed by atoms with Gasteiger partial charge in [-0.2, -0.15) is 0 Å². The van der Waals surface area contributed by atoms with Crippen molar-refractivity contribution in [1.82, 2.24) is 23.6 Å². The summed E-state index contributed by atoms with van der Waals surface area (Å²) in [5.74, 6) is -0.871. The number of ether oxygens (including phenoxy) is 1. The van der Waals surface area contributed by atoms with Gasteiger partial charge in [0, 0.05) is 26.7 Å². The van der Waals surface area contributed by atoms with Crippen LogP contribution in [0.2, 0.25) is 0 Å². The molecule has 2 aromatic heterocycles. The molecule has 0 aliphatic carbocycles. The van der Waals surface area contributed by atoms with Crippen LogP contribution in [0.25, 0.3) is 11.2 Å². The van der Waals surface area contributed by atoms with Gasteiger partial charge in [0.1, 0.15) is 0 Å². The van der Waals surface area contributed by atoms with E-state index >= 15 is 0 Å². The number of benzene rings is 2. The molecule has 5 rings (SSSR count). The van der Waals surface area contributed by atoms with Gasteiger partial charge in [-0.05, 0) is 17.7 Å². The Labute approximate surface area is 199 Å². The molecule has 2 aromatic carbocycles. The number of amides is 2. The molecular formula is C25H23N5O5. The van der Waals surface area contributed by atoms with Crippen molar-refractivity contribution in [3.05, 3.63) is 98.5 Å². The molecule has 10 nitrogen and oxygen atoms in total. The number of nitrogens with zero attached hydrogens (tertiary/aromatic N) is 5. The van der Waals surface area contributed by atoms with E-state index in [9.17, 15) is 19.2 Å². The SMILES string of the molecule is COCCn1cnc2c1c(=O)n(CCN1C(=O)c3ccccc3C1=O)c(=O)n2Cc1ccccc1. The van der Waals surface area contributed by atoms with Gasteiger partial charge >= 0.3 is 5.69 Å². The maximum atomic E-state index is 13.5. The summed E-state index contributed by atoms with van der Waals surface area (Å²) in [6.45, 7) is 0.709. The lowest BCUT2D eigenvalue weighted by Gasteiger charge is -2.16. The molecule has 0 atom stereocenters. The van der Waals surface area contributed by atoms with Crippen LogP contribution >= 0.6 is 0 Å². The first-order chi connectivity index (χ1) is 17.0. The third kappa shape index (κ3) is 3.87. The highest BCUT2D eigenvalue weighted by Crippen LogP contribution is 2.22. The van der Waals surface area contributed by atoms with Crippen LogP contribution in [0.3, 0.4) is 0 Å². The fourth-order valence-electron chi connectivity index (χ4n) is 4.35. The van der Waals surface area contributed by atoms with E-state index in [1.54, 1.807) is 35.9 Å².